The summed E-state index contributed by atoms with van der Waals surface area (Å²) in [5, 5.41) is 6.90. The molecule has 0 bridgehead atoms. The van der Waals surface area contributed by atoms with Crippen molar-refractivity contribution in [2.75, 3.05) is 5.73 Å². The molecule has 0 fully saturated rings. The number of aryl methyl sites for hydroxylation is 2. The number of hydrogen-bond acceptors (Lipinski definition) is 7. The number of carbonyl (C=O) groups excluding carboxylic acids is 2. The molecule has 224 valence electrons. The fraction of sp³-hybridized carbons (Fsp3) is 0.118. The first-order valence-electron chi connectivity index (χ1n) is 14.4. The van der Waals surface area contributed by atoms with Crippen LogP contribution < -0.4 is 16.8 Å². The van der Waals surface area contributed by atoms with Gasteiger partial charge in [-0.1, -0.05) is 30.8 Å². The number of nitrogens with two attached hydrogens (primary N) is 2. The SMILES string of the molecule is C=CC(=O)NCc1ccccc1C(N)=O.Nc1ncccc1-c1nc2ccc(-n3cccn3)nc2n1-c1ccc2c(c1)CCC2. The van der Waals surface area contributed by atoms with Crippen LogP contribution in [-0.2, 0) is 24.2 Å². The zero-order chi connectivity index (χ0) is 31.3. The number of imidazole rings is 1. The highest BCUT2D eigenvalue weighted by Crippen LogP contribution is 2.32. The highest BCUT2D eigenvalue weighted by molar-refractivity contribution is 5.94. The first kappa shape index (κ1) is 29.0. The van der Waals surface area contributed by atoms with E-state index in [0.29, 0.717) is 16.9 Å². The first-order chi connectivity index (χ1) is 21.9. The van der Waals surface area contributed by atoms with Gasteiger partial charge in [0.25, 0.3) is 0 Å². The van der Waals surface area contributed by atoms with Crippen LogP contribution in [0.1, 0.15) is 33.5 Å². The molecule has 45 heavy (non-hydrogen) atoms. The lowest BCUT2D eigenvalue weighted by Gasteiger charge is -2.12. The maximum atomic E-state index is 11.0. The summed E-state index contributed by atoms with van der Waals surface area (Å²) in [6, 6.07) is 23.1. The average Bonchev–Trinajstić information content (AvgIpc) is 3.84. The third-order valence-corrected chi connectivity index (χ3v) is 7.57. The van der Waals surface area contributed by atoms with Crippen LogP contribution in [0.4, 0.5) is 5.82 Å². The molecule has 2 aromatic carbocycles. The zero-order valence-electron chi connectivity index (χ0n) is 24.4. The van der Waals surface area contributed by atoms with Gasteiger partial charge in [0.2, 0.25) is 11.8 Å². The van der Waals surface area contributed by atoms with E-state index in [2.05, 4.69) is 44.7 Å². The number of nitrogen functional groups attached to an aromatic ring is 1. The topological polar surface area (TPSA) is 160 Å². The molecule has 0 radical (unpaired) electrons. The lowest BCUT2D eigenvalue weighted by molar-refractivity contribution is -0.116. The summed E-state index contributed by atoms with van der Waals surface area (Å²) in [4.78, 5) is 36.0. The molecule has 0 aliphatic heterocycles. The highest BCUT2D eigenvalue weighted by atomic mass is 16.1. The molecule has 4 heterocycles. The fourth-order valence-electron chi connectivity index (χ4n) is 5.38. The Hall–Kier alpha value is -6.10. The zero-order valence-corrected chi connectivity index (χ0v) is 24.4. The van der Waals surface area contributed by atoms with Crippen LogP contribution in [0.15, 0.2) is 104 Å². The quantitative estimate of drug-likeness (QED) is 0.231. The Labute approximate surface area is 259 Å². The molecule has 4 aromatic heterocycles. The van der Waals surface area contributed by atoms with E-state index in [1.807, 2.05) is 36.5 Å². The van der Waals surface area contributed by atoms with Crippen molar-refractivity contribution in [2.45, 2.75) is 25.8 Å². The summed E-state index contributed by atoms with van der Waals surface area (Å²) in [7, 11) is 0. The second kappa shape index (κ2) is 12.6. The number of carbonyl (C=O) groups is 2. The third-order valence-electron chi connectivity index (χ3n) is 7.57. The van der Waals surface area contributed by atoms with Crippen LogP contribution in [0.5, 0.6) is 0 Å². The van der Waals surface area contributed by atoms with Gasteiger partial charge in [-0.3, -0.25) is 14.2 Å². The molecular formula is C34H31N9O2. The monoisotopic (exact) mass is 597 g/mol. The second-order valence-electron chi connectivity index (χ2n) is 10.4. The van der Waals surface area contributed by atoms with Crippen molar-refractivity contribution in [3.8, 4) is 22.9 Å². The van der Waals surface area contributed by atoms with Crippen molar-refractivity contribution in [3.63, 3.8) is 0 Å². The van der Waals surface area contributed by atoms with Gasteiger partial charge in [0.05, 0.1) is 5.56 Å². The minimum Gasteiger partial charge on any atom is -0.383 e. The van der Waals surface area contributed by atoms with E-state index in [1.165, 1.54) is 23.6 Å². The number of hydrogen-bond donors (Lipinski definition) is 3. The van der Waals surface area contributed by atoms with E-state index in [1.54, 1.807) is 41.3 Å². The van der Waals surface area contributed by atoms with Crippen molar-refractivity contribution < 1.29 is 9.59 Å². The molecule has 0 unspecified atom stereocenters. The average molecular weight is 598 g/mol. The molecule has 0 saturated heterocycles. The molecule has 1 aliphatic carbocycles. The minimum atomic E-state index is -0.501. The Morgan fingerprint density at radius 3 is 2.58 bits per heavy atom. The molecule has 0 spiro atoms. The maximum absolute atomic E-state index is 11.0. The van der Waals surface area contributed by atoms with Gasteiger partial charge < -0.3 is 16.8 Å². The number of pyridine rings is 2. The number of nitrogens with zero attached hydrogens (tertiary/aromatic N) is 6. The van der Waals surface area contributed by atoms with E-state index in [-0.39, 0.29) is 12.5 Å². The summed E-state index contributed by atoms with van der Waals surface area (Å²) in [6.07, 6.45) is 9.93. The number of primary amides is 1. The van der Waals surface area contributed by atoms with Crippen LogP contribution in [0.3, 0.4) is 0 Å². The number of nitrogens with one attached hydrogen (secondary N) is 1. The molecule has 7 rings (SSSR count). The Morgan fingerprint density at radius 2 is 1.80 bits per heavy atom. The van der Waals surface area contributed by atoms with Crippen molar-refractivity contribution in [3.05, 3.63) is 126 Å². The summed E-state index contributed by atoms with van der Waals surface area (Å²) in [5.74, 6) is 1.13. The first-order valence-corrected chi connectivity index (χ1v) is 14.4. The Morgan fingerprint density at radius 1 is 0.956 bits per heavy atom. The van der Waals surface area contributed by atoms with Gasteiger partial charge in [-0.15, -0.1) is 0 Å². The van der Waals surface area contributed by atoms with Crippen LogP contribution in [0.2, 0.25) is 0 Å². The van der Waals surface area contributed by atoms with Crippen molar-refractivity contribution in [1.29, 1.82) is 0 Å². The second-order valence-corrected chi connectivity index (χ2v) is 10.4. The lowest BCUT2D eigenvalue weighted by Crippen LogP contribution is -2.22. The lowest BCUT2D eigenvalue weighted by atomic mass is 10.1. The molecule has 0 saturated carbocycles. The Balaban J connectivity index is 0.000000202. The normalized spacial score (nSPS) is 11.8. The number of aromatic nitrogens is 6. The van der Waals surface area contributed by atoms with E-state index < -0.39 is 5.91 Å². The van der Waals surface area contributed by atoms with E-state index in [4.69, 9.17) is 21.4 Å². The van der Waals surface area contributed by atoms with Crippen molar-refractivity contribution in [1.82, 2.24) is 34.6 Å². The minimum absolute atomic E-state index is 0.268. The van der Waals surface area contributed by atoms with Gasteiger partial charge in [0.1, 0.15) is 11.3 Å². The molecule has 2 amide bonds. The van der Waals surface area contributed by atoms with E-state index in [9.17, 15) is 9.59 Å². The molecule has 6 aromatic rings. The number of anilines is 1. The van der Waals surface area contributed by atoms with Gasteiger partial charge in [-0.25, -0.2) is 19.6 Å². The van der Waals surface area contributed by atoms with Crippen LogP contribution in [0.25, 0.3) is 34.1 Å². The maximum Gasteiger partial charge on any atom is 0.249 e. The molecule has 11 heteroatoms. The summed E-state index contributed by atoms with van der Waals surface area (Å²) < 4.78 is 3.83. The smallest absolute Gasteiger partial charge is 0.249 e. The summed E-state index contributed by atoms with van der Waals surface area (Å²) >= 11 is 0. The largest absolute Gasteiger partial charge is 0.383 e. The molecule has 11 nitrogen and oxygen atoms in total. The summed E-state index contributed by atoms with van der Waals surface area (Å²) in [5.41, 5.74) is 18.7. The Kier molecular flexibility index (Phi) is 8.14. The van der Waals surface area contributed by atoms with Crippen LogP contribution in [0, 0.1) is 0 Å². The predicted octanol–water partition coefficient (Wildman–Crippen LogP) is 4.33. The van der Waals surface area contributed by atoms with E-state index in [0.717, 1.165) is 46.9 Å². The van der Waals surface area contributed by atoms with Gasteiger partial charge >= 0.3 is 0 Å². The van der Waals surface area contributed by atoms with Crippen molar-refractivity contribution in [2.24, 2.45) is 5.73 Å². The van der Waals surface area contributed by atoms with Crippen LogP contribution in [-0.4, -0.2) is 41.1 Å². The van der Waals surface area contributed by atoms with Gasteiger partial charge in [0, 0.05) is 36.4 Å². The number of amides is 2. The van der Waals surface area contributed by atoms with Gasteiger partial charge in [-0.2, -0.15) is 5.10 Å². The van der Waals surface area contributed by atoms with Crippen LogP contribution >= 0.6 is 0 Å². The number of benzene rings is 2. The Bertz CT molecular complexity index is 2030. The fourth-order valence-corrected chi connectivity index (χ4v) is 5.38. The predicted molar refractivity (Wildman–Crippen MR) is 173 cm³/mol. The van der Waals surface area contributed by atoms with Gasteiger partial charge in [0.15, 0.2) is 17.3 Å². The van der Waals surface area contributed by atoms with E-state index >= 15 is 0 Å². The number of rotatable bonds is 7. The summed E-state index contributed by atoms with van der Waals surface area (Å²) in [6.45, 7) is 3.59. The molecule has 5 N–H and O–H groups in total. The number of fused-ring (bicyclic) bond motifs is 2. The highest BCUT2D eigenvalue weighted by Gasteiger charge is 2.20. The standard InChI is InChI=1S/C23H19N7.C11H12N2O2/c24-21-18(6-2-11-25-21)22-27-19-9-10-20(29-13-3-12-26-29)28-23(19)30(22)17-8-7-15-4-1-5-16(15)14-17;1-2-10(14)13-7-8-5-3-4-6-9(8)11(12)15/h2-3,6-14H,1,4-5H2,(H2,24,25);2-6H,1,7H2,(H2,12,15)(H,13,14). The molecule has 0 atom stereocenters. The van der Waals surface area contributed by atoms with Gasteiger partial charge in [-0.05, 0) is 90.6 Å². The third kappa shape index (κ3) is 6.04. The molecule has 1 aliphatic rings. The van der Waals surface area contributed by atoms with Crippen molar-refractivity contribution >= 4 is 28.8 Å². The molecular weight excluding hydrogens is 566 g/mol.